The minimum Gasteiger partial charge on any atom is -0.393 e. The number of thiocarbonyl (C=S) groups is 1. The molecule has 0 aromatic carbocycles. The zero-order chi connectivity index (χ0) is 13.2. The maximum Gasteiger partial charge on any atom is 0.223 e. The van der Waals surface area contributed by atoms with Crippen LogP contribution in [-0.2, 0) is 10.0 Å². The van der Waals surface area contributed by atoms with Gasteiger partial charge in [-0.15, -0.1) is 0 Å². The molecule has 1 saturated heterocycles. The van der Waals surface area contributed by atoms with E-state index in [0.29, 0.717) is 25.9 Å². The summed E-state index contributed by atoms with van der Waals surface area (Å²) in [6.07, 6.45) is 0.582. The van der Waals surface area contributed by atoms with Crippen molar-refractivity contribution in [1.82, 2.24) is 4.31 Å². The summed E-state index contributed by atoms with van der Waals surface area (Å²) in [4.78, 5) is 0.0213. The van der Waals surface area contributed by atoms with Crippen molar-refractivity contribution < 1.29 is 13.5 Å². The predicted octanol–water partition coefficient (Wildman–Crippen LogP) is 0.0836. The van der Waals surface area contributed by atoms with Gasteiger partial charge >= 0.3 is 0 Å². The van der Waals surface area contributed by atoms with E-state index in [4.69, 9.17) is 18.0 Å². The highest BCUT2D eigenvalue weighted by Gasteiger charge is 2.38. The smallest absolute Gasteiger partial charge is 0.223 e. The molecule has 3 unspecified atom stereocenters. The minimum absolute atomic E-state index is 0.00799. The van der Waals surface area contributed by atoms with Gasteiger partial charge in [-0.3, -0.25) is 0 Å². The van der Waals surface area contributed by atoms with Crippen molar-refractivity contribution in [2.24, 2.45) is 11.7 Å². The fraction of sp³-hybridized carbons (Fsp3) is 0.900. The van der Waals surface area contributed by atoms with E-state index in [1.54, 1.807) is 13.8 Å². The average molecular weight is 280 g/mol. The normalized spacial score (nSPS) is 25.7. The first-order valence-electron chi connectivity index (χ1n) is 5.77. The molecule has 3 atom stereocenters. The number of aliphatic hydroxyl groups is 1. The van der Waals surface area contributed by atoms with Gasteiger partial charge in [0.2, 0.25) is 10.0 Å². The molecule has 0 amide bonds. The number of nitrogens with zero attached hydrogens (tertiary/aromatic N) is 1. The van der Waals surface area contributed by atoms with Gasteiger partial charge in [0.05, 0.1) is 11.1 Å². The number of hydrogen-bond donors (Lipinski definition) is 2. The van der Waals surface area contributed by atoms with Gasteiger partial charge in [-0.1, -0.05) is 19.1 Å². The van der Waals surface area contributed by atoms with Gasteiger partial charge in [-0.05, 0) is 25.7 Å². The molecule has 17 heavy (non-hydrogen) atoms. The van der Waals surface area contributed by atoms with Crippen LogP contribution in [0.15, 0.2) is 0 Å². The Bertz CT molecular complexity index is 381. The zero-order valence-electron chi connectivity index (χ0n) is 10.2. The lowest BCUT2D eigenvalue weighted by molar-refractivity contribution is 0.133. The minimum atomic E-state index is -3.46. The number of rotatable bonds is 5. The van der Waals surface area contributed by atoms with E-state index in [0.717, 1.165) is 0 Å². The lowest BCUT2D eigenvalue weighted by atomic mass is 10.0. The maximum absolute atomic E-state index is 12.3. The highest BCUT2D eigenvalue weighted by molar-refractivity contribution is 7.92. The molecule has 0 radical (unpaired) electrons. The second-order valence-corrected chi connectivity index (χ2v) is 7.08. The third-order valence-corrected chi connectivity index (χ3v) is 6.07. The van der Waals surface area contributed by atoms with Crippen LogP contribution < -0.4 is 5.73 Å². The summed E-state index contributed by atoms with van der Waals surface area (Å²) in [5, 5.41) is 8.68. The maximum atomic E-state index is 12.3. The third-order valence-electron chi connectivity index (χ3n) is 3.28. The zero-order valence-corrected chi connectivity index (χ0v) is 11.8. The molecule has 5 nitrogen and oxygen atoms in total. The molecule has 0 aromatic heterocycles. The lowest BCUT2D eigenvalue weighted by Crippen LogP contribution is -2.43. The molecule has 1 fully saturated rings. The first kappa shape index (κ1) is 14.8. The standard InChI is InChI=1S/C10H20N2O3S2/c1-3-9(10(11)16)17(14,15)12-5-4-8(6-12)7(2)13/h7-9,13H,3-6H2,1-2H3,(H2,11,16). The quantitative estimate of drug-likeness (QED) is 0.697. The Kier molecular flexibility index (Phi) is 4.88. The van der Waals surface area contributed by atoms with Crippen LogP contribution in [0.3, 0.4) is 0 Å². The second kappa shape index (κ2) is 5.60. The molecule has 0 aromatic rings. The van der Waals surface area contributed by atoms with E-state index in [-0.39, 0.29) is 10.9 Å². The fourth-order valence-corrected chi connectivity index (χ4v) is 4.48. The number of sulfonamides is 1. The molecular formula is C10H20N2O3S2. The summed E-state index contributed by atoms with van der Waals surface area (Å²) in [6, 6.07) is 0. The Labute approximate surface area is 108 Å². The molecule has 1 heterocycles. The van der Waals surface area contributed by atoms with Crippen LogP contribution in [0, 0.1) is 5.92 Å². The first-order chi connectivity index (χ1) is 7.80. The predicted molar refractivity (Wildman–Crippen MR) is 71.1 cm³/mol. The van der Waals surface area contributed by atoms with Gasteiger partial charge in [0.1, 0.15) is 5.25 Å². The third kappa shape index (κ3) is 3.15. The van der Waals surface area contributed by atoms with Gasteiger partial charge < -0.3 is 10.8 Å². The lowest BCUT2D eigenvalue weighted by Gasteiger charge is -2.23. The van der Waals surface area contributed by atoms with Gasteiger partial charge in [0.25, 0.3) is 0 Å². The van der Waals surface area contributed by atoms with Crippen LogP contribution in [0.5, 0.6) is 0 Å². The summed E-state index contributed by atoms with van der Waals surface area (Å²) >= 11 is 4.80. The topological polar surface area (TPSA) is 83.6 Å². The summed E-state index contributed by atoms with van der Waals surface area (Å²) < 4.78 is 25.9. The molecule has 100 valence electrons. The molecule has 1 aliphatic heterocycles. The Morgan fingerprint density at radius 2 is 2.24 bits per heavy atom. The highest BCUT2D eigenvalue weighted by Crippen LogP contribution is 2.25. The Hall–Kier alpha value is -0.240. The van der Waals surface area contributed by atoms with Gasteiger partial charge in [0.15, 0.2) is 0 Å². The van der Waals surface area contributed by atoms with Crippen molar-refractivity contribution in [3.8, 4) is 0 Å². The summed E-state index contributed by atoms with van der Waals surface area (Å²) in [5.74, 6) is 0.00799. The molecule has 1 rings (SSSR count). The molecule has 3 N–H and O–H groups in total. The first-order valence-corrected chi connectivity index (χ1v) is 7.68. The van der Waals surface area contributed by atoms with Gasteiger partial charge in [-0.2, -0.15) is 0 Å². The van der Waals surface area contributed by atoms with Crippen molar-refractivity contribution in [2.75, 3.05) is 13.1 Å². The highest BCUT2D eigenvalue weighted by atomic mass is 32.2. The van der Waals surface area contributed by atoms with Crippen LogP contribution >= 0.6 is 12.2 Å². The van der Waals surface area contributed by atoms with Crippen molar-refractivity contribution >= 4 is 27.2 Å². The van der Waals surface area contributed by atoms with Crippen molar-refractivity contribution in [1.29, 1.82) is 0 Å². The Morgan fingerprint density at radius 3 is 2.59 bits per heavy atom. The van der Waals surface area contributed by atoms with E-state index in [9.17, 15) is 13.5 Å². The SMILES string of the molecule is CCC(C(N)=S)S(=O)(=O)N1CCC(C(C)O)C1. The van der Waals surface area contributed by atoms with Crippen LogP contribution in [0.4, 0.5) is 0 Å². The van der Waals surface area contributed by atoms with Crippen molar-refractivity contribution in [2.45, 2.75) is 38.0 Å². The van der Waals surface area contributed by atoms with E-state index in [2.05, 4.69) is 0 Å². The summed E-state index contributed by atoms with van der Waals surface area (Å²) in [7, 11) is -3.46. The van der Waals surface area contributed by atoms with E-state index < -0.39 is 21.4 Å². The number of aliphatic hydroxyl groups excluding tert-OH is 1. The molecular weight excluding hydrogens is 260 g/mol. The second-order valence-electron chi connectivity index (χ2n) is 4.49. The van der Waals surface area contributed by atoms with Crippen LogP contribution in [-0.4, -0.2) is 47.3 Å². The van der Waals surface area contributed by atoms with E-state index in [1.807, 2.05) is 0 Å². The summed E-state index contributed by atoms with van der Waals surface area (Å²) in [6.45, 7) is 4.24. The summed E-state index contributed by atoms with van der Waals surface area (Å²) in [5.41, 5.74) is 5.47. The van der Waals surface area contributed by atoms with E-state index in [1.165, 1.54) is 4.31 Å². The van der Waals surface area contributed by atoms with E-state index >= 15 is 0 Å². The average Bonchev–Trinajstić information content (AvgIpc) is 2.66. The van der Waals surface area contributed by atoms with Crippen LogP contribution in [0.2, 0.25) is 0 Å². The van der Waals surface area contributed by atoms with Crippen molar-refractivity contribution in [3.63, 3.8) is 0 Å². The monoisotopic (exact) mass is 280 g/mol. The van der Waals surface area contributed by atoms with Gasteiger partial charge in [-0.25, -0.2) is 12.7 Å². The molecule has 0 bridgehead atoms. The van der Waals surface area contributed by atoms with Gasteiger partial charge in [0, 0.05) is 13.1 Å². The van der Waals surface area contributed by atoms with Crippen LogP contribution in [0.1, 0.15) is 26.7 Å². The van der Waals surface area contributed by atoms with Crippen LogP contribution in [0.25, 0.3) is 0 Å². The molecule has 7 heteroatoms. The van der Waals surface area contributed by atoms with Crippen molar-refractivity contribution in [3.05, 3.63) is 0 Å². The molecule has 0 spiro atoms. The molecule has 0 saturated carbocycles. The Balaban J connectivity index is 2.83. The number of hydrogen-bond acceptors (Lipinski definition) is 4. The number of nitrogens with two attached hydrogens (primary N) is 1. The fourth-order valence-electron chi connectivity index (χ4n) is 2.12. The molecule has 0 aliphatic carbocycles. The largest absolute Gasteiger partial charge is 0.393 e. The Morgan fingerprint density at radius 1 is 1.65 bits per heavy atom. The molecule has 1 aliphatic rings.